The van der Waals surface area contributed by atoms with Crippen LogP contribution in [0.2, 0.25) is 0 Å². The number of benzene rings is 2. The van der Waals surface area contributed by atoms with E-state index in [-0.39, 0.29) is 4.90 Å². The number of halogens is 1. The van der Waals surface area contributed by atoms with Gasteiger partial charge in [-0.25, -0.2) is 12.7 Å². The molecule has 23 heavy (non-hydrogen) atoms. The van der Waals surface area contributed by atoms with Crippen molar-refractivity contribution >= 4 is 37.7 Å². The Bertz CT molecular complexity index is 729. The second kappa shape index (κ2) is 8.19. The molecule has 2 rings (SSSR count). The van der Waals surface area contributed by atoms with Gasteiger partial charge < -0.3 is 4.74 Å². The lowest BCUT2D eigenvalue weighted by atomic mass is 10.3. The Kier molecular flexibility index (Phi) is 6.52. The highest BCUT2D eigenvalue weighted by atomic mass is 79.9. The SMILES string of the molecule is CN(C)S(=O)(=O)c1ccc(OCCSc2ccc(Br)cc2)cc1. The molecular weight excluding hydrogens is 398 g/mol. The average molecular weight is 416 g/mol. The first-order valence-corrected chi connectivity index (χ1v) is 10.2. The van der Waals surface area contributed by atoms with E-state index in [1.54, 1.807) is 36.0 Å². The van der Waals surface area contributed by atoms with E-state index in [0.29, 0.717) is 12.4 Å². The summed E-state index contributed by atoms with van der Waals surface area (Å²) >= 11 is 5.12. The highest BCUT2D eigenvalue weighted by Crippen LogP contribution is 2.21. The molecule has 0 aromatic heterocycles. The predicted molar refractivity (Wildman–Crippen MR) is 97.7 cm³/mol. The number of nitrogens with zero attached hydrogens (tertiary/aromatic N) is 1. The fraction of sp³-hybridized carbons (Fsp3) is 0.250. The third-order valence-corrected chi connectivity index (χ3v) is 6.37. The summed E-state index contributed by atoms with van der Waals surface area (Å²) in [6.07, 6.45) is 0. The van der Waals surface area contributed by atoms with Crippen molar-refractivity contribution in [3.05, 3.63) is 53.0 Å². The maximum Gasteiger partial charge on any atom is 0.242 e. The predicted octanol–water partition coefficient (Wildman–Crippen LogP) is 3.87. The summed E-state index contributed by atoms with van der Waals surface area (Å²) < 4.78 is 31.8. The minimum Gasteiger partial charge on any atom is -0.493 e. The summed E-state index contributed by atoms with van der Waals surface area (Å²) in [5.74, 6) is 1.48. The lowest BCUT2D eigenvalue weighted by Crippen LogP contribution is -2.22. The Hall–Kier alpha value is -1.02. The van der Waals surface area contributed by atoms with Gasteiger partial charge in [0.15, 0.2) is 0 Å². The van der Waals surface area contributed by atoms with Gasteiger partial charge >= 0.3 is 0 Å². The minimum absolute atomic E-state index is 0.263. The third-order valence-electron chi connectivity index (χ3n) is 3.04. The van der Waals surface area contributed by atoms with Crippen LogP contribution in [0.4, 0.5) is 0 Å². The number of hydrogen-bond acceptors (Lipinski definition) is 4. The van der Waals surface area contributed by atoms with E-state index in [1.165, 1.54) is 23.3 Å². The average Bonchev–Trinajstić information content (AvgIpc) is 2.53. The molecule has 0 aliphatic rings. The zero-order chi connectivity index (χ0) is 16.9. The van der Waals surface area contributed by atoms with Crippen LogP contribution in [0.5, 0.6) is 5.75 Å². The van der Waals surface area contributed by atoms with Crippen LogP contribution in [0.15, 0.2) is 62.8 Å². The molecule has 0 saturated carbocycles. The Balaban J connectivity index is 1.84. The molecule has 2 aromatic carbocycles. The van der Waals surface area contributed by atoms with E-state index in [9.17, 15) is 8.42 Å². The molecule has 7 heteroatoms. The first-order chi connectivity index (χ1) is 10.9. The lowest BCUT2D eigenvalue weighted by Gasteiger charge is -2.12. The fourth-order valence-electron chi connectivity index (χ4n) is 1.77. The van der Waals surface area contributed by atoms with Crippen molar-refractivity contribution in [2.75, 3.05) is 26.5 Å². The van der Waals surface area contributed by atoms with Crippen LogP contribution in [0, 0.1) is 0 Å². The van der Waals surface area contributed by atoms with Crippen LogP contribution < -0.4 is 4.74 Å². The molecule has 0 radical (unpaired) electrons. The minimum atomic E-state index is -3.39. The molecule has 0 unspecified atom stereocenters. The van der Waals surface area contributed by atoms with Crippen LogP contribution in [-0.4, -0.2) is 39.2 Å². The molecule has 0 amide bonds. The van der Waals surface area contributed by atoms with Crippen molar-refractivity contribution in [2.24, 2.45) is 0 Å². The quantitative estimate of drug-likeness (QED) is 0.508. The van der Waals surface area contributed by atoms with Crippen molar-refractivity contribution in [2.45, 2.75) is 9.79 Å². The molecule has 124 valence electrons. The van der Waals surface area contributed by atoms with E-state index < -0.39 is 10.0 Å². The van der Waals surface area contributed by atoms with E-state index >= 15 is 0 Å². The Morgan fingerprint density at radius 3 is 2.22 bits per heavy atom. The molecule has 0 aliphatic heterocycles. The molecule has 0 aliphatic carbocycles. The maximum absolute atomic E-state index is 12.0. The highest BCUT2D eigenvalue weighted by Gasteiger charge is 2.16. The summed E-state index contributed by atoms with van der Waals surface area (Å²) in [5, 5.41) is 0. The van der Waals surface area contributed by atoms with Gasteiger partial charge in [-0.2, -0.15) is 0 Å². The topological polar surface area (TPSA) is 46.6 Å². The fourth-order valence-corrected chi connectivity index (χ4v) is 3.67. The van der Waals surface area contributed by atoms with Crippen LogP contribution in [0.1, 0.15) is 0 Å². The second-order valence-corrected chi connectivity index (χ2v) is 9.15. The smallest absolute Gasteiger partial charge is 0.242 e. The highest BCUT2D eigenvalue weighted by molar-refractivity contribution is 9.10. The number of ether oxygens (including phenoxy) is 1. The summed E-state index contributed by atoms with van der Waals surface area (Å²) in [6, 6.07) is 14.6. The van der Waals surface area contributed by atoms with Gasteiger partial charge in [-0.05, 0) is 48.5 Å². The van der Waals surface area contributed by atoms with Gasteiger partial charge in [-0.1, -0.05) is 15.9 Å². The van der Waals surface area contributed by atoms with Gasteiger partial charge in [0.2, 0.25) is 10.0 Å². The molecule has 0 bridgehead atoms. The zero-order valence-corrected chi connectivity index (χ0v) is 16.1. The summed E-state index contributed by atoms with van der Waals surface area (Å²) in [4.78, 5) is 1.45. The molecule has 0 atom stereocenters. The van der Waals surface area contributed by atoms with E-state index in [2.05, 4.69) is 28.1 Å². The standard InChI is InChI=1S/C16H18BrNO3S2/c1-18(2)23(19,20)16-9-5-14(6-10-16)21-11-12-22-15-7-3-13(17)4-8-15/h3-10H,11-12H2,1-2H3. The number of sulfonamides is 1. The second-order valence-electron chi connectivity index (χ2n) is 4.91. The van der Waals surface area contributed by atoms with Crippen LogP contribution in [-0.2, 0) is 10.0 Å². The molecular formula is C16H18BrNO3S2. The molecule has 0 heterocycles. The molecule has 0 fully saturated rings. The van der Waals surface area contributed by atoms with Gasteiger partial charge in [0.05, 0.1) is 11.5 Å². The largest absolute Gasteiger partial charge is 0.493 e. The van der Waals surface area contributed by atoms with Gasteiger partial charge in [-0.15, -0.1) is 11.8 Å². The molecule has 2 aromatic rings. The number of hydrogen-bond donors (Lipinski definition) is 0. The summed E-state index contributed by atoms with van der Waals surface area (Å²) in [5.41, 5.74) is 0. The third kappa shape index (κ3) is 5.24. The van der Waals surface area contributed by atoms with Crippen molar-refractivity contribution in [3.63, 3.8) is 0 Å². The van der Waals surface area contributed by atoms with Gasteiger partial charge in [0.25, 0.3) is 0 Å². The first kappa shape index (κ1) is 18.3. The monoisotopic (exact) mass is 415 g/mol. The number of rotatable bonds is 7. The van der Waals surface area contributed by atoms with E-state index in [0.717, 1.165) is 10.2 Å². The van der Waals surface area contributed by atoms with Crippen LogP contribution >= 0.6 is 27.7 Å². The van der Waals surface area contributed by atoms with Gasteiger partial charge in [0, 0.05) is 29.2 Å². The van der Waals surface area contributed by atoms with Crippen molar-refractivity contribution < 1.29 is 13.2 Å². The van der Waals surface area contributed by atoms with E-state index in [1.807, 2.05) is 12.1 Å². The summed E-state index contributed by atoms with van der Waals surface area (Å²) in [7, 11) is -0.363. The molecule has 0 saturated heterocycles. The molecule has 0 N–H and O–H groups in total. The molecule has 0 spiro atoms. The van der Waals surface area contributed by atoms with Gasteiger partial charge in [0.1, 0.15) is 5.75 Å². The Morgan fingerprint density at radius 1 is 1.04 bits per heavy atom. The van der Waals surface area contributed by atoms with Crippen molar-refractivity contribution in [1.82, 2.24) is 4.31 Å². The van der Waals surface area contributed by atoms with Crippen LogP contribution in [0.25, 0.3) is 0 Å². The van der Waals surface area contributed by atoms with Crippen LogP contribution in [0.3, 0.4) is 0 Å². The maximum atomic E-state index is 12.0. The first-order valence-electron chi connectivity index (χ1n) is 6.93. The number of thioether (sulfide) groups is 1. The van der Waals surface area contributed by atoms with Crippen molar-refractivity contribution in [1.29, 1.82) is 0 Å². The van der Waals surface area contributed by atoms with E-state index in [4.69, 9.17) is 4.74 Å². The normalized spacial score (nSPS) is 11.7. The lowest BCUT2D eigenvalue weighted by molar-refractivity contribution is 0.343. The Morgan fingerprint density at radius 2 is 1.65 bits per heavy atom. The molecule has 4 nitrogen and oxygen atoms in total. The Labute approximate surface area is 150 Å². The zero-order valence-electron chi connectivity index (χ0n) is 12.9. The van der Waals surface area contributed by atoms with Gasteiger partial charge in [-0.3, -0.25) is 0 Å². The van der Waals surface area contributed by atoms with Crippen molar-refractivity contribution in [3.8, 4) is 5.75 Å². The summed E-state index contributed by atoms with van der Waals surface area (Å²) in [6.45, 7) is 0.556.